The first-order valence-corrected chi connectivity index (χ1v) is 9.84. The number of aryl methyl sites for hydroxylation is 3. The maximum atomic E-state index is 4.34. The van der Waals surface area contributed by atoms with Crippen LogP contribution in [0.25, 0.3) is 0 Å². The lowest BCUT2D eigenvalue weighted by Gasteiger charge is -2.07. The third-order valence-corrected chi connectivity index (χ3v) is 5.26. The molecule has 0 unspecified atom stereocenters. The fourth-order valence-corrected chi connectivity index (χ4v) is 3.67. The summed E-state index contributed by atoms with van der Waals surface area (Å²) in [6.45, 7) is 4.42. The summed E-state index contributed by atoms with van der Waals surface area (Å²) in [6, 6.07) is 12.9. The predicted octanol–water partition coefficient (Wildman–Crippen LogP) is 6.37. The number of benzene rings is 1. The van der Waals surface area contributed by atoms with Gasteiger partial charge in [-0.05, 0) is 62.1 Å². The molecule has 0 atom stereocenters. The number of hydrogen-bond donors (Lipinski definition) is 0. The molecule has 1 nitrogen and oxygen atoms in total. The molecular weight excluding hydrogens is 298 g/mol. The lowest BCUT2D eigenvalue weighted by Crippen LogP contribution is -1.91. The number of unbranched alkanes of at least 4 members (excludes halogenated alkanes) is 5. The quantitative estimate of drug-likeness (QED) is 0.371. The molecule has 0 saturated carbocycles. The van der Waals surface area contributed by atoms with Gasteiger partial charge in [-0.15, -0.1) is 11.8 Å². The molecule has 0 fully saturated rings. The third-order valence-electron chi connectivity index (χ3n) is 4.23. The summed E-state index contributed by atoms with van der Waals surface area (Å²) in [5.41, 5.74) is 4.37. The van der Waals surface area contributed by atoms with Gasteiger partial charge in [-0.25, -0.2) is 4.98 Å². The maximum absolute atomic E-state index is 4.34. The summed E-state index contributed by atoms with van der Waals surface area (Å²) in [4.78, 5) is 4.34. The molecule has 0 aliphatic carbocycles. The second-order valence-corrected chi connectivity index (χ2v) is 7.43. The Bertz CT molecular complexity index is 565. The van der Waals surface area contributed by atoms with E-state index in [1.807, 2.05) is 24.0 Å². The minimum Gasteiger partial charge on any atom is -0.250 e. The van der Waals surface area contributed by atoms with Crippen LogP contribution in [0.5, 0.6) is 0 Å². The summed E-state index contributed by atoms with van der Waals surface area (Å²) in [6.07, 6.45) is 11.2. The number of pyridine rings is 1. The molecule has 2 heteroatoms. The molecule has 0 bridgehead atoms. The standard InChI is InChI=1S/C21H29NS/c1-18-13-14-19(2)20(17-18)11-7-5-3-4-6-10-16-23-21-12-8-9-15-22-21/h8-9,12-15,17H,3-7,10-11,16H2,1-2H3. The van der Waals surface area contributed by atoms with Crippen molar-refractivity contribution in [2.24, 2.45) is 0 Å². The van der Waals surface area contributed by atoms with Crippen LogP contribution >= 0.6 is 11.8 Å². The van der Waals surface area contributed by atoms with Crippen molar-refractivity contribution >= 4 is 11.8 Å². The van der Waals surface area contributed by atoms with Crippen LogP contribution in [0.2, 0.25) is 0 Å². The van der Waals surface area contributed by atoms with Crippen molar-refractivity contribution in [2.75, 3.05) is 5.75 Å². The van der Waals surface area contributed by atoms with E-state index in [0.717, 1.165) is 5.03 Å². The molecule has 0 aliphatic rings. The molecule has 124 valence electrons. The predicted molar refractivity (Wildman–Crippen MR) is 102 cm³/mol. The summed E-state index contributed by atoms with van der Waals surface area (Å²) in [5.74, 6) is 1.19. The van der Waals surface area contributed by atoms with E-state index in [9.17, 15) is 0 Å². The normalized spacial score (nSPS) is 10.9. The van der Waals surface area contributed by atoms with Crippen LogP contribution in [0.15, 0.2) is 47.6 Å². The molecule has 23 heavy (non-hydrogen) atoms. The van der Waals surface area contributed by atoms with Crippen molar-refractivity contribution in [1.82, 2.24) is 4.98 Å². The van der Waals surface area contributed by atoms with E-state index in [1.165, 1.54) is 67.4 Å². The SMILES string of the molecule is Cc1ccc(C)c(CCCCCCCCSc2ccccn2)c1. The van der Waals surface area contributed by atoms with E-state index in [2.05, 4.69) is 49.2 Å². The molecule has 0 spiro atoms. The van der Waals surface area contributed by atoms with E-state index >= 15 is 0 Å². The number of thioether (sulfide) groups is 1. The Morgan fingerprint density at radius 3 is 2.43 bits per heavy atom. The van der Waals surface area contributed by atoms with Gasteiger partial charge in [0.15, 0.2) is 0 Å². The van der Waals surface area contributed by atoms with Gasteiger partial charge in [-0.1, -0.05) is 55.5 Å². The molecule has 2 aromatic rings. The van der Waals surface area contributed by atoms with E-state index in [0.29, 0.717) is 0 Å². The van der Waals surface area contributed by atoms with E-state index in [1.54, 1.807) is 0 Å². The molecule has 0 radical (unpaired) electrons. The van der Waals surface area contributed by atoms with Gasteiger partial charge >= 0.3 is 0 Å². The first-order chi connectivity index (χ1) is 11.3. The van der Waals surface area contributed by atoms with Crippen molar-refractivity contribution in [3.05, 3.63) is 59.3 Å². The Kier molecular flexibility index (Phi) is 8.24. The Balaban J connectivity index is 1.47. The van der Waals surface area contributed by atoms with Gasteiger partial charge in [0.05, 0.1) is 5.03 Å². The monoisotopic (exact) mass is 327 g/mol. The summed E-state index contributed by atoms with van der Waals surface area (Å²) in [7, 11) is 0. The van der Waals surface area contributed by atoms with Crippen molar-refractivity contribution in [1.29, 1.82) is 0 Å². The van der Waals surface area contributed by atoms with Gasteiger partial charge in [0.1, 0.15) is 0 Å². The fourth-order valence-electron chi connectivity index (χ4n) is 2.80. The third kappa shape index (κ3) is 7.22. The lowest BCUT2D eigenvalue weighted by molar-refractivity contribution is 0.608. The second kappa shape index (κ2) is 10.5. The Morgan fingerprint density at radius 1 is 0.870 bits per heavy atom. The minimum atomic E-state index is 1.15. The largest absolute Gasteiger partial charge is 0.250 e. The molecule has 0 N–H and O–H groups in total. The number of hydrogen-bond acceptors (Lipinski definition) is 2. The Labute approximate surface area is 145 Å². The van der Waals surface area contributed by atoms with Gasteiger partial charge < -0.3 is 0 Å². The highest BCUT2D eigenvalue weighted by Crippen LogP contribution is 2.18. The van der Waals surface area contributed by atoms with Crippen molar-refractivity contribution in [3.63, 3.8) is 0 Å². The Morgan fingerprint density at radius 2 is 1.65 bits per heavy atom. The molecule has 0 aliphatic heterocycles. The van der Waals surface area contributed by atoms with E-state index in [-0.39, 0.29) is 0 Å². The fraction of sp³-hybridized carbons (Fsp3) is 0.476. The number of aromatic nitrogens is 1. The zero-order valence-electron chi connectivity index (χ0n) is 14.6. The highest BCUT2D eigenvalue weighted by atomic mass is 32.2. The highest BCUT2D eigenvalue weighted by Gasteiger charge is 1.99. The van der Waals surface area contributed by atoms with E-state index in [4.69, 9.17) is 0 Å². The smallest absolute Gasteiger partial charge is 0.0959 e. The highest BCUT2D eigenvalue weighted by molar-refractivity contribution is 7.99. The van der Waals surface area contributed by atoms with Gasteiger partial charge in [0, 0.05) is 6.20 Å². The molecule has 0 amide bonds. The van der Waals surface area contributed by atoms with Crippen LogP contribution < -0.4 is 0 Å². The summed E-state index contributed by atoms with van der Waals surface area (Å²) in [5, 5.41) is 1.15. The summed E-state index contributed by atoms with van der Waals surface area (Å²) >= 11 is 1.88. The maximum Gasteiger partial charge on any atom is 0.0959 e. The van der Waals surface area contributed by atoms with Crippen molar-refractivity contribution < 1.29 is 0 Å². The van der Waals surface area contributed by atoms with Crippen LogP contribution in [-0.2, 0) is 6.42 Å². The van der Waals surface area contributed by atoms with E-state index < -0.39 is 0 Å². The van der Waals surface area contributed by atoms with Gasteiger partial charge in [-0.2, -0.15) is 0 Å². The van der Waals surface area contributed by atoms with Crippen LogP contribution in [0.1, 0.15) is 55.2 Å². The zero-order valence-corrected chi connectivity index (χ0v) is 15.4. The second-order valence-electron chi connectivity index (χ2n) is 6.32. The average molecular weight is 328 g/mol. The first-order valence-electron chi connectivity index (χ1n) is 8.85. The minimum absolute atomic E-state index is 1.15. The number of nitrogens with zero attached hydrogens (tertiary/aromatic N) is 1. The number of rotatable bonds is 10. The van der Waals surface area contributed by atoms with Crippen LogP contribution in [0.3, 0.4) is 0 Å². The van der Waals surface area contributed by atoms with Crippen LogP contribution in [0, 0.1) is 13.8 Å². The Hall–Kier alpha value is -1.28. The molecular formula is C21H29NS. The molecule has 2 rings (SSSR count). The van der Waals surface area contributed by atoms with Crippen molar-refractivity contribution in [3.8, 4) is 0 Å². The van der Waals surface area contributed by atoms with Crippen LogP contribution in [0.4, 0.5) is 0 Å². The first kappa shape index (κ1) is 18.1. The summed E-state index contributed by atoms with van der Waals surface area (Å²) < 4.78 is 0. The lowest BCUT2D eigenvalue weighted by atomic mass is 9.99. The molecule has 1 aromatic carbocycles. The topological polar surface area (TPSA) is 12.9 Å². The van der Waals surface area contributed by atoms with Crippen molar-refractivity contribution in [2.45, 2.75) is 63.8 Å². The van der Waals surface area contributed by atoms with Gasteiger partial charge in [0.2, 0.25) is 0 Å². The average Bonchev–Trinajstić information content (AvgIpc) is 2.57. The zero-order chi connectivity index (χ0) is 16.3. The molecule has 0 saturated heterocycles. The van der Waals surface area contributed by atoms with Gasteiger partial charge in [0.25, 0.3) is 0 Å². The molecule has 1 aromatic heterocycles. The van der Waals surface area contributed by atoms with Gasteiger partial charge in [-0.3, -0.25) is 0 Å². The van der Waals surface area contributed by atoms with Crippen LogP contribution in [-0.4, -0.2) is 10.7 Å². The molecule has 1 heterocycles.